The van der Waals surface area contributed by atoms with Crippen LogP contribution in [-0.2, 0) is 0 Å². The number of nitrogen functional groups attached to an aromatic ring is 1. The monoisotopic (exact) mass is 268 g/mol. The van der Waals surface area contributed by atoms with Gasteiger partial charge < -0.3 is 5.73 Å². The second-order valence-corrected chi connectivity index (χ2v) is 4.96. The smallest absolute Gasteiger partial charge is 0.124 e. The molecule has 1 atom stereocenters. The molecule has 0 spiro atoms. The lowest BCUT2D eigenvalue weighted by molar-refractivity contribution is 0.621. The molecule has 3 heteroatoms. The van der Waals surface area contributed by atoms with Crippen LogP contribution < -0.4 is 5.73 Å². The van der Waals surface area contributed by atoms with Crippen LogP contribution in [-0.4, -0.2) is 0 Å². The molecule has 2 nitrogen and oxygen atoms in total. The maximum atomic E-state index is 13.9. The first-order valence-corrected chi connectivity index (χ1v) is 6.66. The Balaban J connectivity index is 2.62. The summed E-state index contributed by atoms with van der Waals surface area (Å²) in [5, 5.41) is 8.96. The lowest BCUT2D eigenvalue weighted by Crippen LogP contribution is -2.02. The number of nitrogens with two attached hydrogens (primary N) is 1. The Bertz CT molecular complexity index is 671. The number of nitrogens with zero attached hydrogens (tertiary/aromatic N) is 1. The zero-order chi connectivity index (χ0) is 14.7. The number of benzene rings is 2. The van der Waals surface area contributed by atoms with E-state index in [0.29, 0.717) is 16.8 Å². The van der Waals surface area contributed by atoms with Crippen LogP contribution in [0.2, 0.25) is 0 Å². The maximum absolute atomic E-state index is 13.9. The van der Waals surface area contributed by atoms with Gasteiger partial charge in [-0.2, -0.15) is 5.26 Å². The Labute approximate surface area is 118 Å². The summed E-state index contributed by atoms with van der Waals surface area (Å²) in [5.41, 5.74) is 9.58. The number of anilines is 1. The SMILES string of the molecule is CCC(C)c1cc(F)cc(-c2cccc(C#N)c2)c1N. The van der Waals surface area contributed by atoms with Crippen LogP contribution in [0.15, 0.2) is 36.4 Å². The number of hydrogen-bond acceptors (Lipinski definition) is 2. The van der Waals surface area contributed by atoms with Crippen LogP contribution in [0.5, 0.6) is 0 Å². The van der Waals surface area contributed by atoms with Crippen LogP contribution in [0.3, 0.4) is 0 Å². The Morgan fingerprint density at radius 1 is 1.30 bits per heavy atom. The van der Waals surface area contributed by atoms with Gasteiger partial charge in [0.1, 0.15) is 5.82 Å². The molecular formula is C17H17FN2. The number of halogens is 1. The Kier molecular flexibility index (Phi) is 4.05. The van der Waals surface area contributed by atoms with E-state index in [0.717, 1.165) is 17.5 Å². The Hall–Kier alpha value is -2.34. The average Bonchev–Trinajstić information content (AvgIpc) is 2.48. The lowest BCUT2D eigenvalue weighted by Gasteiger charge is -2.16. The predicted octanol–water partition coefficient (Wildman–Crippen LogP) is 4.46. The summed E-state index contributed by atoms with van der Waals surface area (Å²) in [7, 11) is 0. The molecule has 0 saturated carbocycles. The van der Waals surface area contributed by atoms with Gasteiger partial charge in [0.15, 0.2) is 0 Å². The highest BCUT2D eigenvalue weighted by Gasteiger charge is 2.14. The molecule has 2 aromatic carbocycles. The molecule has 2 N–H and O–H groups in total. The number of rotatable bonds is 3. The van der Waals surface area contributed by atoms with Gasteiger partial charge in [0, 0.05) is 11.3 Å². The molecule has 0 aromatic heterocycles. The minimum Gasteiger partial charge on any atom is -0.398 e. The number of hydrogen-bond donors (Lipinski definition) is 1. The minimum absolute atomic E-state index is 0.198. The fraction of sp³-hybridized carbons (Fsp3) is 0.235. The molecule has 0 fully saturated rings. The summed E-state index contributed by atoms with van der Waals surface area (Å²) >= 11 is 0. The van der Waals surface area contributed by atoms with E-state index in [-0.39, 0.29) is 11.7 Å². The lowest BCUT2D eigenvalue weighted by atomic mass is 9.91. The first-order valence-electron chi connectivity index (χ1n) is 6.66. The summed E-state index contributed by atoms with van der Waals surface area (Å²) in [5.74, 6) is -0.101. The zero-order valence-corrected chi connectivity index (χ0v) is 11.7. The van der Waals surface area contributed by atoms with Gasteiger partial charge in [-0.1, -0.05) is 26.0 Å². The van der Waals surface area contributed by atoms with E-state index in [4.69, 9.17) is 11.0 Å². The third kappa shape index (κ3) is 2.65. The van der Waals surface area contributed by atoms with Crippen molar-refractivity contribution in [1.82, 2.24) is 0 Å². The van der Waals surface area contributed by atoms with Crippen molar-refractivity contribution in [2.24, 2.45) is 0 Å². The highest BCUT2D eigenvalue weighted by molar-refractivity contribution is 5.79. The van der Waals surface area contributed by atoms with E-state index < -0.39 is 0 Å². The first kappa shape index (κ1) is 14.1. The molecule has 0 aliphatic rings. The molecule has 0 aliphatic carbocycles. The molecule has 2 rings (SSSR count). The van der Waals surface area contributed by atoms with Gasteiger partial charge in [-0.3, -0.25) is 0 Å². The van der Waals surface area contributed by atoms with E-state index in [1.165, 1.54) is 12.1 Å². The first-order chi connectivity index (χ1) is 9.56. The molecule has 1 unspecified atom stereocenters. The van der Waals surface area contributed by atoms with Crippen molar-refractivity contribution in [3.05, 3.63) is 53.3 Å². The number of nitriles is 1. The fourth-order valence-electron chi connectivity index (χ4n) is 2.26. The van der Waals surface area contributed by atoms with Crippen molar-refractivity contribution in [2.75, 3.05) is 5.73 Å². The van der Waals surface area contributed by atoms with Gasteiger partial charge in [0.25, 0.3) is 0 Å². The minimum atomic E-state index is -0.299. The van der Waals surface area contributed by atoms with Crippen LogP contribution in [0.4, 0.5) is 10.1 Å². The largest absolute Gasteiger partial charge is 0.398 e. The van der Waals surface area contributed by atoms with E-state index in [1.54, 1.807) is 18.2 Å². The topological polar surface area (TPSA) is 49.8 Å². The molecular weight excluding hydrogens is 251 g/mol. The summed E-state index contributed by atoms with van der Waals surface area (Å²) in [6, 6.07) is 12.1. The summed E-state index contributed by atoms with van der Waals surface area (Å²) in [4.78, 5) is 0. The maximum Gasteiger partial charge on any atom is 0.124 e. The van der Waals surface area contributed by atoms with Crippen LogP contribution in [0.1, 0.15) is 37.3 Å². The third-order valence-electron chi connectivity index (χ3n) is 3.62. The summed E-state index contributed by atoms with van der Waals surface area (Å²) < 4.78 is 13.9. The van der Waals surface area contributed by atoms with Gasteiger partial charge in [0.05, 0.1) is 11.6 Å². The van der Waals surface area contributed by atoms with Crippen LogP contribution >= 0.6 is 0 Å². The quantitative estimate of drug-likeness (QED) is 0.835. The standard InChI is InChI=1S/C17H17FN2/c1-3-11(2)15-8-14(18)9-16(17(15)20)13-6-4-5-12(7-13)10-19/h4-9,11H,3,20H2,1-2H3. The highest BCUT2D eigenvalue weighted by atomic mass is 19.1. The van der Waals surface area contributed by atoms with Gasteiger partial charge in [-0.15, -0.1) is 0 Å². The van der Waals surface area contributed by atoms with Crippen molar-refractivity contribution < 1.29 is 4.39 Å². The molecule has 0 aliphatic heterocycles. The van der Waals surface area contributed by atoms with E-state index >= 15 is 0 Å². The van der Waals surface area contributed by atoms with Crippen molar-refractivity contribution in [3.8, 4) is 17.2 Å². The van der Waals surface area contributed by atoms with E-state index in [2.05, 4.69) is 6.07 Å². The second-order valence-electron chi connectivity index (χ2n) is 4.96. The van der Waals surface area contributed by atoms with Crippen molar-refractivity contribution in [3.63, 3.8) is 0 Å². The Morgan fingerprint density at radius 2 is 2.05 bits per heavy atom. The van der Waals surface area contributed by atoms with Gasteiger partial charge in [-0.05, 0) is 47.7 Å². The third-order valence-corrected chi connectivity index (χ3v) is 3.62. The van der Waals surface area contributed by atoms with Gasteiger partial charge >= 0.3 is 0 Å². The van der Waals surface area contributed by atoms with Crippen LogP contribution in [0, 0.1) is 17.1 Å². The molecule has 0 heterocycles. The average molecular weight is 268 g/mol. The Morgan fingerprint density at radius 3 is 2.70 bits per heavy atom. The molecule has 0 amide bonds. The van der Waals surface area contributed by atoms with E-state index in [1.807, 2.05) is 19.9 Å². The normalized spacial score (nSPS) is 11.9. The van der Waals surface area contributed by atoms with Crippen LogP contribution in [0.25, 0.3) is 11.1 Å². The predicted molar refractivity (Wildman–Crippen MR) is 79.7 cm³/mol. The molecule has 102 valence electrons. The van der Waals surface area contributed by atoms with Crippen molar-refractivity contribution in [1.29, 1.82) is 5.26 Å². The van der Waals surface area contributed by atoms with E-state index in [9.17, 15) is 4.39 Å². The molecule has 20 heavy (non-hydrogen) atoms. The molecule has 0 radical (unpaired) electrons. The fourth-order valence-corrected chi connectivity index (χ4v) is 2.26. The molecule has 2 aromatic rings. The zero-order valence-electron chi connectivity index (χ0n) is 11.7. The van der Waals surface area contributed by atoms with Crippen molar-refractivity contribution >= 4 is 5.69 Å². The summed E-state index contributed by atoms with van der Waals surface area (Å²) in [6.07, 6.45) is 0.894. The summed E-state index contributed by atoms with van der Waals surface area (Å²) in [6.45, 7) is 4.08. The molecule has 0 bridgehead atoms. The highest BCUT2D eigenvalue weighted by Crippen LogP contribution is 2.35. The molecule has 0 saturated heterocycles. The van der Waals surface area contributed by atoms with Gasteiger partial charge in [0.2, 0.25) is 0 Å². The second kappa shape index (κ2) is 5.75. The van der Waals surface area contributed by atoms with Gasteiger partial charge in [-0.25, -0.2) is 4.39 Å². The van der Waals surface area contributed by atoms with Crippen molar-refractivity contribution in [2.45, 2.75) is 26.2 Å².